The van der Waals surface area contributed by atoms with Crippen molar-refractivity contribution in [2.45, 2.75) is 25.9 Å². The minimum Gasteiger partial charge on any atom is -0.388 e. The Morgan fingerprint density at radius 2 is 1.86 bits per heavy atom. The number of halogens is 2. The zero-order valence-corrected chi connectivity index (χ0v) is 12.9. The summed E-state index contributed by atoms with van der Waals surface area (Å²) in [5.41, 5.74) is 9.60. The number of hydrogen-bond donors (Lipinski definition) is 2. The topological polar surface area (TPSA) is 46.2 Å². The van der Waals surface area contributed by atoms with Crippen LogP contribution in [0.15, 0.2) is 36.4 Å². The molecule has 0 aromatic heterocycles. The van der Waals surface area contributed by atoms with Crippen molar-refractivity contribution in [2.75, 3.05) is 6.54 Å². The van der Waals surface area contributed by atoms with Crippen molar-refractivity contribution in [3.63, 3.8) is 0 Å². The van der Waals surface area contributed by atoms with Crippen molar-refractivity contribution in [3.8, 4) is 0 Å². The fraction of sp³-hybridized carbons (Fsp3) is 0.294. The number of aryl methyl sites for hydroxylation is 2. The molecule has 2 aromatic rings. The molecule has 112 valence electrons. The maximum atomic E-state index is 13.1. The van der Waals surface area contributed by atoms with E-state index < -0.39 is 11.9 Å². The summed E-state index contributed by atoms with van der Waals surface area (Å²) < 4.78 is 13.1. The monoisotopic (exact) mass is 307 g/mol. The van der Waals surface area contributed by atoms with Crippen molar-refractivity contribution < 1.29 is 9.50 Å². The molecule has 0 aliphatic carbocycles. The first kappa shape index (κ1) is 16.0. The molecule has 0 aliphatic rings. The van der Waals surface area contributed by atoms with E-state index in [2.05, 4.69) is 0 Å². The van der Waals surface area contributed by atoms with Crippen LogP contribution in [0.2, 0.25) is 5.02 Å². The molecule has 0 amide bonds. The van der Waals surface area contributed by atoms with Crippen molar-refractivity contribution in [1.29, 1.82) is 0 Å². The van der Waals surface area contributed by atoms with Gasteiger partial charge in [0.1, 0.15) is 5.82 Å². The zero-order valence-electron chi connectivity index (χ0n) is 12.1. The molecule has 0 heterocycles. The highest BCUT2D eigenvalue weighted by Gasteiger charge is 2.24. The van der Waals surface area contributed by atoms with Gasteiger partial charge in [0.05, 0.1) is 6.10 Å². The smallest absolute Gasteiger partial charge is 0.124 e. The molecule has 0 radical (unpaired) electrons. The van der Waals surface area contributed by atoms with Gasteiger partial charge in [0.25, 0.3) is 0 Å². The van der Waals surface area contributed by atoms with Crippen LogP contribution in [0.3, 0.4) is 0 Å². The highest BCUT2D eigenvalue weighted by molar-refractivity contribution is 6.31. The standard InChI is InChI=1S/C17H19ClFNO/c1-10-3-4-12(7-11(10)2)15(9-20)17(21)14-6-5-13(19)8-16(14)18/h3-8,15,17,21H,9,20H2,1-2H3. The summed E-state index contributed by atoms with van der Waals surface area (Å²) in [5.74, 6) is -0.710. The molecule has 0 fully saturated rings. The van der Waals surface area contributed by atoms with Crippen molar-refractivity contribution in [1.82, 2.24) is 0 Å². The highest BCUT2D eigenvalue weighted by atomic mass is 35.5. The highest BCUT2D eigenvalue weighted by Crippen LogP contribution is 2.34. The van der Waals surface area contributed by atoms with Gasteiger partial charge in [-0.1, -0.05) is 35.9 Å². The van der Waals surface area contributed by atoms with Gasteiger partial charge in [0.15, 0.2) is 0 Å². The second-order valence-corrected chi connectivity index (χ2v) is 5.70. The van der Waals surface area contributed by atoms with Gasteiger partial charge in [-0.25, -0.2) is 4.39 Å². The number of rotatable bonds is 4. The average molecular weight is 308 g/mol. The fourth-order valence-corrected chi connectivity index (χ4v) is 2.68. The van der Waals surface area contributed by atoms with Gasteiger partial charge in [0.2, 0.25) is 0 Å². The summed E-state index contributed by atoms with van der Waals surface area (Å²) in [7, 11) is 0. The summed E-state index contributed by atoms with van der Waals surface area (Å²) in [4.78, 5) is 0. The Kier molecular flexibility index (Phi) is 4.99. The second kappa shape index (κ2) is 6.56. The molecular weight excluding hydrogens is 289 g/mol. The van der Waals surface area contributed by atoms with Crippen LogP contribution in [-0.4, -0.2) is 11.7 Å². The van der Waals surface area contributed by atoms with Crippen LogP contribution in [0, 0.1) is 19.7 Å². The Labute approximate surface area is 129 Å². The van der Waals surface area contributed by atoms with Gasteiger partial charge in [-0.2, -0.15) is 0 Å². The molecule has 3 N–H and O–H groups in total. The van der Waals surface area contributed by atoms with Crippen LogP contribution >= 0.6 is 11.6 Å². The van der Waals surface area contributed by atoms with Crippen LogP contribution in [0.25, 0.3) is 0 Å². The lowest BCUT2D eigenvalue weighted by Gasteiger charge is -2.24. The second-order valence-electron chi connectivity index (χ2n) is 5.30. The molecule has 2 rings (SSSR count). The number of aliphatic hydroxyl groups excluding tert-OH is 1. The van der Waals surface area contributed by atoms with Crippen LogP contribution in [0.1, 0.15) is 34.3 Å². The third-order valence-electron chi connectivity index (χ3n) is 3.88. The molecule has 21 heavy (non-hydrogen) atoms. The van der Waals surface area contributed by atoms with Crippen LogP contribution in [-0.2, 0) is 0 Å². The van der Waals surface area contributed by atoms with E-state index in [4.69, 9.17) is 17.3 Å². The van der Waals surface area contributed by atoms with E-state index in [1.807, 2.05) is 32.0 Å². The van der Waals surface area contributed by atoms with E-state index in [-0.39, 0.29) is 17.5 Å². The van der Waals surface area contributed by atoms with E-state index in [0.717, 1.165) is 11.1 Å². The van der Waals surface area contributed by atoms with E-state index in [0.29, 0.717) is 5.56 Å². The van der Waals surface area contributed by atoms with E-state index in [1.165, 1.54) is 23.8 Å². The first-order valence-corrected chi connectivity index (χ1v) is 7.22. The third-order valence-corrected chi connectivity index (χ3v) is 4.20. The molecule has 0 saturated heterocycles. The van der Waals surface area contributed by atoms with Gasteiger partial charge in [0, 0.05) is 17.5 Å². The van der Waals surface area contributed by atoms with E-state index in [1.54, 1.807) is 0 Å². The lowest BCUT2D eigenvalue weighted by atomic mass is 9.87. The van der Waals surface area contributed by atoms with Crippen molar-refractivity contribution in [3.05, 3.63) is 69.5 Å². The van der Waals surface area contributed by atoms with Crippen molar-refractivity contribution >= 4 is 11.6 Å². The average Bonchev–Trinajstić information content (AvgIpc) is 2.43. The quantitative estimate of drug-likeness (QED) is 0.900. The summed E-state index contributed by atoms with van der Waals surface area (Å²) >= 11 is 6.03. The SMILES string of the molecule is Cc1ccc(C(CN)C(O)c2ccc(F)cc2Cl)cc1C. The Morgan fingerprint density at radius 1 is 1.14 bits per heavy atom. The summed E-state index contributed by atoms with van der Waals surface area (Å²) in [6.45, 7) is 4.32. The van der Waals surface area contributed by atoms with Crippen LogP contribution in [0.5, 0.6) is 0 Å². The summed E-state index contributed by atoms with van der Waals surface area (Å²) in [6.07, 6.45) is -0.870. The Balaban J connectivity index is 2.37. The fourth-order valence-electron chi connectivity index (χ4n) is 2.40. The lowest BCUT2D eigenvalue weighted by molar-refractivity contribution is 0.147. The molecular formula is C17H19ClFNO. The molecule has 2 nitrogen and oxygen atoms in total. The Morgan fingerprint density at radius 3 is 2.43 bits per heavy atom. The minimum atomic E-state index is -0.870. The molecule has 0 bridgehead atoms. The van der Waals surface area contributed by atoms with Crippen molar-refractivity contribution in [2.24, 2.45) is 5.73 Å². The van der Waals surface area contributed by atoms with Gasteiger partial charge in [-0.3, -0.25) is 0 Å². The maximum absolute atomic E-state index is 13.1. The number of aliphatic hydroxyl groups is 1. The molecule has 2 atom stereocenters. The lowest BCUT2D eigenvalue weighted by Crippen LogP contribution is -2.20. The van der Waals surface area contributed by atoms with Crippen LogP contribution in [0.4, 0.5) is 4.39 Å². The molecule has 0 saturated carbocycles. The van der Waals surface area contributed by atoms with Gasteiger partial charge >= 0.3 is 0 Å². The normalized spacial score (nSPS) is 14.0. The minimum absolute atomic E-state index is 0.213. The molecule has 0 aliphatic heterocycles. The summed E-state index contributed by atoms with van der Waals surface area (Å²) in [5, 5.41) is 10.8. The summed E-state index contributed by atoms with van der Waals surface area (Å²) in [6, 6.07) is 9.98. The Hall–Kier alpha value is -1.42. The maximum Gasteiger partial charge on any atom is 0.124 e. The van der Waals surface area contributed by atoms with Gasteiger partial charge in [-0.05, 0) is 48.2 Å². The first-order chi connectivity index (χ1) is 9.93. The van der Waals surface area contributed by atoms with Gasteiger partial charge < -0.3 is 10.8 Å². The largest absolute Gasteiger partial charge is 0.388 e. The molecule has 0 spiro atoms. The first-order valence-electron chi connectivity index (χ1n) is 6.84. The number of nitrogens with two attached hydrogens (primary N) is 1. The van der Waals surface area contributed by atoms with E-state index in [9.17, 15) is 9.50 Å². The van der Waals surface area contributed by atoms with E-state index >= 15 is 0 Å². The predicted octanol–water partition coefficient (Wildman–Crippen LogP) is 3.87. The Bertz CT molecular complexity index is 645. The predicted molar refractivity (Wildman–Crippen MR) is 84.1 cm³/mol. The number of benzene rings is 2. The molecule has 4 heteroatoms. The molecule has 2 aromatic carbocycles. The molecule has 2 unspecified atom stereocenters. The third kappa shape index (κ3) is 3.43. The number of hydrogen-bond acceptors (Lipinski definition) is 2. The zero-order chi connectivity index (χ0) is 15.6. The van der Waals surface area contributed by atoms with Gasteiger partial charge in [-0.15, -0.1) is 0 Å². The van der Waals surface area contributed by atoms with Crippen LogP contribution < -0.4 is 5.73 Å².